The number of hydrogen-bond acceptors (Lipinski definition) is 6. The molecular weight excluding hydrogens is 248 g/mol. The Kier molecular flexibility index (Phi) is 3.64. The van der Waals surface area contributed by atoms with Crippen LogP contribution in [-0.2, 0) is 17.7 Å². The van der Waals surface area contributed by atoms with E-state index in [0.29, 0.717) is 24.6 Å². The highest BCUT2D eigenvalue weighted by atomic mass is 16.5. The molecule has 0 aliphatic carbocycles. The zero-order chi connectivity index (χ0) is 14.0. The first-order valence-corrected chi connectivity index (χ1v) is 6.00. The molecule has 0 spiro atoms. The van der Waals surface area contributed by atoms with E-state index in [1.54, 1.807) is 4.68 Å². The second kappa shape index (κ2) is 5.21. The van der Waals surface area contributed by atoms with E-state index in [-0.39, 0.29) is 5.69 Å². The molecule has 0 fully saturated rings. The summed E-state index contributed by atoms with van der Waals surface area (Å²) in [6, 6.07) is 0. The lowest BCUT2D eigenvalue weighted by Gasteiger charge is -2.02. The number of esters is 1. The van der Waals surface area contributed by atoms with Gasteiger partial charge in [-0.05, 0) is 20.3 Å². The van der Waals surface area contributed by atoms with Crippen LogP contribution < -0.4 is 0 Å². The van der Waals surface area contributed by atoms with Crippen molar-refractivity contribution >= 4 is 5.97 Å². The molecule has 7 nitrogen and oxygen atoms in total. The Balaban J connectivity index is 2.30. The molecule has 0 aliphatic rings. The molecular formula is C12H16N4O3. The average Bonchev–Trinajstić information content (AvgIpc) is 2.93. The van der Waals surface area contributed by atoms with Gasteiger partial charge in [-0.25, -0.2) is 14.5 Å². The van der Waals surface area contributed by atoms with Crippen molar-refractivity contribution in [1.82, 2.24) is 20.0 Å². The molecule has 0 atom stereocenters. The number of rotatable bonds is 4. The van der Waals surface area contributed by atoms with Crippen LogP contribution in [0, 0.1) is 13.8 Å². The molecule has 7 heteroatoms. The summed E-state index contributed by atoms with van der Waals surface area (Å²) in [5, 5.41) is 7.81. The predicted molar refractivity (Wildman–Crippen MR) is 65.8 cm³/mol. The Morgan fingerprint density at radius 1 is 1.42 bits per heavy atom. The molecule has 0 saturated heterocycles. The van der Waals surface area contributed by atoms with E-state index >= 15 is 0 Å². The number of hydrogen-bond donors (Lipinski definition) is 0. The lowest BCUT2D eigenvalue weighted by Crippen LogP contribution is -2.10. The van der Waals surface area contributed by atoms with Crippen LogP contribution in [0.25, 0.3) is 0 Å². The Hall–Kier alpha value is -2.18. The Bertz CT molecular complexity index is 581. The van der Waals surface area contributed by atoms with Crippen molar-refractivity contribution in [3.05, 3.63) is 28.7 Å². The van der Waals surface area contributed by atoms with E-state index in [0.717, 1.165) is 11.5 Å². The third-order valence-electron chi connectivity index (χ3n) is 2.91. The third-order valence-corrected chi connectivity index (χ3v) is 2.91. The molecule has 0 radical (unpaired) electrons. The maximum Gasteiger partial charge on any atom is 0.360 e. The summed E-state index contributed by atoms with van der Waals surface area (Å²) in [5.41, 5.74) is 1.80. The van der Waals surface area contributed by atoms with Crippen molar-refractivity contribution in [3.8, 4) is 0 Å². The predicted octanol–water partition coefficient (Wildman–Crippen LogP) is 1.28. The zero-order valence-electron chi connectivity index (χ0n) is 11.4. The van der Waals surface area contributed by atoms with Crippen molar-refractivity contribution in [3.63, 3.8) is 0 Å². The number of nitrogens with zero attached hydrogens (tertiary/aromatic N) is 4. The molecule has 0 aromatic carbocycles. The first-order chi connectivity index (χ1) is 9.06. The highest BCUT2D eigenvalue weighted by molar-refractivity contribution is 5.88. The van der Waals surface area contributed by atoms with Gasteiger partial charge in [0.05, 0.1) is 18.5 Å². The normalized spacial score (nSPS) is 10.7. The lowest BCUT2D eigenvalue weighted by molar-refractivity contribution is 0.0592. The minimum Gasteiger partial charge on any atom is -0.464 e. The Labute approximate surface area is 110 Å². The number of methoxy groups -OCH3 is 1. The lowest BCUT2D eigenvalue weighted by atomic mass is 10.2. The maximum absolute atomic E-state index is 11.5. The van der Waals surface area contributed by atoms with Crippen molar-refractivity contribution in [2.24, 2.45) is 0 Å². The van der Waals surface area contributed by atoms with Gasteiger partial charge in [0.2, 0.25) is 5.89 Å². The summed E-state index contributed by atoms with van der Waals surface area (Å²) in [6.07, 6.45) is 0.621. The van der Waals surface area contributed by atoms with Gasteiger partial charge in [-0.2, -0.15) is 0 Å². The Morgan fingerprint density at radius 2 is 2.16 bits per heavy atom. The van der Waals surface area contributed by atoms with Crippen molar-refractivity contribution in [2.75, 3.05) is 7.11 Å². The molecule has 2 rings (SSSR count). The number of aryl methyl sites for hydroxylation is 2. The number of carbonyl (C=O) groups excluding carboxylic acids is 1. The molecule has 0 aliphatic heterocycles. The van der Waals surface area contributed by atoms with Gasteiger partial charge in [0.15, 0.2) is 5.69 Å². The summed E-state index contributed by atoms with van der Waals surface area (Å²) in [6.45, 7) is 6.01. The van der Waals surface area contributed by atoms with E-state index in [1.807, 2.05) is 20.8 Å². The second-order valence-electron chi connectivity index (χ2n) is 4.14. The molecule has 2 aromatic heterocycles. The summed E-state index contributed by atoms with van der Waals surface area (Å²) in [4.78, 5) is 15.8. The van der Waals surface area contributed by atoms with Crippen LogP contribution in [-0.4, -0.2) is 33.1 Å². The van der Waals surface area contributed by atoms with Crippen molar-refractivity contribution < 1.29 is 13.9 Å². The minimum absolute atomic E-state index is 0.241. The van der Waals surface area contributed by atoms with Crippen LogP contribution >= 0.6 is 0 Å². The molecule has 0 unspecified atom stereocenters. The molecule has 0 amide bonds. The van der Waals surface area contributed by atoms with Gasteiger partial charge >= 0.3 is 5.97 Å². The van der Waals surface area contributed by atoms with Gasteiger partial charge in [0.1, 0.15) is 12.3 Å². The molecule has 0 bridgehead atoms. The molecule has 102 valence electrons. The highest BCUT2D eigenvalue weighted by Crippen LogP contribution is 2.13. The molecule has 19 heavy (non-hydrogen) atoms. The van der Waals surface area contributed by atoms with Crippen LogP contribution in [0.5, 0.6) is 0 Å². The standard InChI is InChI=1S/C12H16N4O3/c1-5-9-11(12(17)18-4)14-15-16(9)6-10-13-7(2)8(3)19-10/h5-6H2,1-4H3. The fourth-order valence-corrected chi connectivity index (χ4v) is 1.80. The molecule has 2 aromatic rings. The van der Waals surface area contributed by atoms with E-state index in [1.165, 1.54) is 7.11 Å². The monoisotopic (exact) mass is 264 g/mol. The van der Waals surface area contributed by atoms with Crippen LogP contribution in [0.2, 0.25) is 0 Å². The Morgan fingerprint density at radius 3 is 2.68 bits per heavy atom. The average molecular weight is 264 g/mol. The smallest absolute Gasteiger partial charge is 0.360 e. The van der Waals surface area contributed by atoms with Gasteiger partial charge in [-0.3, -0.25) is 0 Å². The van der Waals surface area contributed by atoms with E-state index in [2.05, 4.69) is 20.0 Å². The summed E-state index contributed by atoms with van der Waals surface area (Å²) in [5.74, 6) is 0.843. The zero-order valence-corrected chi connectivity index (χ0v) is 11.4. The van der Waals surface area contributed by atoms with Gasteiger partial charge in [0.25, 0.3) is 0 Å². The van der Waals surface area contributed by atoms with E-state index in [9.17, 15) is 4.79 Å². The topological polar surface area (TPSA) is 83.0 Å². The molecule has 0 N–H and O–H groups in total. The van der Waals surface area contributed by atoms with Gasteiger partial charge in [0, 0.05) is 0 Å². The van der Waals surface area contributed by atoms with Gasteiger partial charge in [-0.1, -0.05) is 12.1 Å². The van der Waals surface area contributed by atoms with Crippen LogP contribution in [0.3, 0.4) is 0 Å². The maximum atomic E-state index is 11.5. The van der Waals surface area contributed by atoms with E-state index < -0.39 is 5.97 Å². The summed E-state index contributed by atoms with van der Waals surface area (Å²) in [7, 11) is 1.32. The third kappa shape index (κ3) is 2.49. The highest BCUT2D eigenvalue weighted by Gasteiger charge is 2.20. The van der Waals surface area contributed by atoms with Gasteiger partial charge < -0.3 is 9.15 Å². The number of ether oxygens (including phenoxy) is 1. The fraction of sp³-hybridized carbons (Fsp3) is 0.500. The molecule has 0 saturated carbocycles. The summed E-state index contributed by atoms with van der Waals surface area (Å²) >= 11 is 0. The second-order valence-corrected chi connectivity index (χ2v) is 4.14. The summed E-state index contributed by atoms with van der Waals surface area (Å²) < 4.78 is 11.8. The first kappa shape index (κ1) is 13.3. The first-order valence-electron chi connectivity index (χ1n) is 6.00. The largest absolute Gasteiger partial charge is 0.464 e. The molecule has 2 heterocycles. The van der Waals surface area contributed by atoms with Crippen LogP contribution in [0.1, 0.15) is 40.5 Å². The number of oxazole rings is 1. The van der Waals surface area contributed by atoms with Gasteiger partial charge in [-0.15, -0.1) is 5.10 Å². The van der Waals surface area contributed by atoms with Crippen molar-refractivity contribution in [2.45, 2.75) is 33.7 Å². The van der Waals surface area contributed by atoms with Crippen LogP contribution in [0.4, 0.5) is 0 Å². The number of carbonyl (C=O) groups is 1. The fourth-order valence-electron chi connectivity index (χ4n) is 1.80. The number of aromatic nitrogens is 4. The van der Waals surface area contributed by atoms with Crippen molar-refractivity contribution in [1.29, 1.82) is 0 Å². The minimum atomic E-state index is -0.483. The van der Waals surface area contributed by atoms with Crippen LogP contribution in [0.15, 0.2) is 4.42 Å². The SMILES string of the molecule is CCc1c(C(=O)OC)nnn1Cc1nc(C)c(C)o1. The quantitative estimate of drug-likeness (QED) is 0.773. The van der Waals surface area contributed by atoms with E-state index in [4.69, 9.17) is 4.42 Å².